The molecule has 0 radical (unpaired) electrons. The van der Waals surface area contributed by atoms with Gasteiger partial charge in [-0.3, -0.25) is 4.98 Å². The highest BCUT2D eigenvalue weighted by atomic mass is 35.5. The minimum Gasteiger partial charge on any atom is -0.495 e. The number of aromatic nitrogens is 2. The number of halogens is 2. The summed E-state index contributed by atoms with van der Waals surface area (Å²) in [6.07, 6.45) is 1.75. The second-order valence-corrected chi connectivity index (χ2v) is 9.25. The van der Waals surface area contributed by atoms with Crippen LogP contribution in [0, 0.1) is 19.7 Å². The molecule has 0 aliphatic carbocycles. The van der Waals surface area contributed by atoms with Gasteiger partial charge in [0.15, 0.2) is 5.11 Å². The van der Waals surface area contributed by atoms with E-state index in [1.165, 1.54) is 6.07 Å². The molecule has 5 rings (SSSR count). The van der Waals surface area contributed by atoms with Crippen LogP contribution in [-0.4, -0.2) is 21.8 Å². The van der Waals surface area contributed by atoms with Crippen LogP contribution in [0.25, 0.3) is 5.69 Å². The maximum absolute atomic E-state index is 15.0. The molecule has 0 unspecified atom stereocenters. The van der Waals surface area contributed by atoms with Gasteiger partial charge in [0, 0.05) is 22.6 Å². The number of rotatable bonds is 5. The Kier molecular flexibility index (Phi) is 6.21. The van der Waals surface area contributed by atoms with Gasteiger partial charge in [-0.05, 0) is 80.2 Å². The van der Waals surface area contributed by atoms with E-state index in [1.54, 1.807) is 31.5 Å². The fourth-order valence-corrected chi connectivity index (χ4v) is 5.38. The Morgan fingerprint density at radius 1 is 1.03 bits per heavy atom. The second kappa shape index (κ2) is 9.32. The molecular weight excluding hydrogens is 483 g/mol. The third kappa shape index (κ3) is 4.05. The highest BCUT2D eigenvalue weighted by Crippen LogP contribution is 2.44. The predicted octanol–water partition coefficient (Wildman–Crippen LogP) is 6.47. The molecule has 2 aromatic heterocycles. The minimum atomic E-state index is -0.339. The van der Waals surface area contributed by atoms with Crippen LogP contribution in [0.3, 0.4) is 0 Å². The van der Waals surface area contributed by atoms with Crippen LogP contribution in [0.2, 0.25) is 5.02 Å². The Morgan fingerprint density at radius 3 is 2.51 bits per heavy atom. The van der Waals surface area contributed by atoms with E-state index in [4.69, 9.17) is 28.6 Å². The van der Waals surface area contributed by atoms with E-state index in [2.05, 4.69) is 20.9 Å². The van der Waals surface area contributed by atoms with Crippen molar-refractivity contribution in [3.63, 3.8) is 0 Å². The minimum absolute atomic E-state index is 0.279. The molecule has 2 aromatic carbocycles. The molecule has 1 N–H and O–H groups in total. The summed E-state index contributed by atoms with van der Waals surface area (Å²) in [6.45, 7) is 4.07. The first-order chi connectivity index (χ1) is 16.9. The van der Waals surface area contributed by atoms with Gasteiger partial charge in [0.1, 0.15) is 11.6 Å². The molecule has 5 nitrogen and oxygen atoms in total. The Hall–Kier alpha value is -3.42. The van der Waals surface area contributed by atoms with Crippen molar-refractivity contribution in [2.45, 2.75) is 25.9 Å². The molecule has 0 saturated carbocycles. The van der Waals surface area contributed by atoms with Crippen LogP contribution in [-0.2, 0) is 0 Å². The standard InChI is InChI=1S/C27H24ClFN4OS/c1-16-14-19(17(2)32(16)23-15-18(28)11-12-24(23)34-3)26-25(21-9-6-7-13-30-21)31-27(35)33(26)22-10-5-4-8-20(22)29/h4-15,25-26H,1-3H3,(H,31,35)/t25-,26-/m1/s1. The lowest BCUT2D eigenvalue weighted by molar-refractivity contribution is 0.412. The van der Waals surface area contributed by atoms with Gasteiger partial charge in [-0.1, -0.05) is 29.8 Å². The summed E-state index contributed by atoms with van der Waals surface area (Å²) in [5, 5.41) is 4.45. The zero-order chi connectivity index (χ0) is 24.7. The summed E-state index contributed by atoms with van der Waals surface area (Å²) in [7, 11) is 1.64. The van der Waals surface area contributed by atoms with E-state index in [1.807, 2.05) is 55.1 Å². The monoisotopic (exact) mass is 506 g/mol. The van der Waals surface area contributed by atoms with Gasteiger partial charge < -0.3 is 19.5 Å². The summed E-state index contributed by atoms with van der Waals surface area (Å²) in [4.78, 5) is 6.44. The summed E-state index contributed by atoms with van der Waals surface area (Å²) < 4.78 is 22.8. The average Bonchev–Trinajstić information content (AvgIpc) is 3.35. The third-order valence-electron chi connectivity index (χ3n) is 6.38. The lowest BCUT2D eigenvalue weighted by atomic mass is 9.96. The van der Waals surface area contributed by atoms with Gasteiger partial charge in [-0.25, -0.2) is 4.39 Å². The van der Waals surface area contributed by atoms with Crippen molar-refractivity contribution in [1.82, 2.24) is 14.9 Å². The first kappa shape index (κ1) is 23.3. The molecule has 3 heterocycles. The zero-order valence-electron chi connectivity index (χ0n) is 19.5. The van der Waals surface area contributed by atoms with Gasteiger partial charge in [0.05, 0.1) is 36.3 Å². The molecule has 8 heteroatoms. The number of nitrogens with one attached hydrogen (secondary N) is 1. The molecule has 1 saturated heterocycles. The number of benzene rings is 2. The molecule has 35 heavy (non-hydrogen) atoms. The second-order valence-electron chi connectivity index (χ2n) is 8.43. The van der Waals surface area contributed by atoms with Gasteiger partial charge in [-0.15, -0.1) is 0 Å². The lowest BCUT2D eigenvalue weighted by Gasteiger charge is -2.28. The Bertz CT molecular complexity index is 1410. The van der Waals surface area contributed by atoms with Crippen molar-refractivity contribution in [3.05, 3.63) is 106 Å². The Labute approximate surface area is 214 Å². The van der Waals surface area contributed by atoms with Crippen molar-refractivity contribution in [2.24, 2.45) is 0 Å². The van der Waals surface area contributed by atoms with Crippen LogP contribution in [0.5, 0.6) is 5.75 Å². The number of methoxy groups -OCH3 is 1. The van der Waals surface area contributed by atoms with Crippen LogP contribution in [0.4, 0.5) is 10.1 Å². The first-order valence-electron chi connectivity index (χ1n) is 11.2. The van der Waals surface area contributed by atoms with E-state index in [0.717, 1.165) is 28.3 Å². The number of hydrogen-bond donors (Lipinski definition) is 1. The molecular formula is C27H24ClFN4OS. The number of para-hydroxylation sites is 1. The summed E-state index contributed by atoms with van der Waals surface area (Å²) in [5.74, 6) is 0.365. The molecule has 178 valence electrons. The molecule has 1 aliphatic rings. The molecule has 1 fully saturated rings. The summed E-state index contributed by atoms with van der Waals surface area (Å²) in [6, 6.07) is 19.5. The Balaban J connectivity index is 1.72. The molecule has 1 aliphatic heterocycles. The van der Waals surface area contributed by atoms with Crippen LogP contribution < -0.4 is 15.0 Å². The van der Waals surface area contributed by atoms with Crippen LogP contribution in [0.15, 0.2) is 72.9 Å². The van der Waals surface area contributed by atoms with Gasteiger partial charge in [0.2, 0.25) is 0 Å². The van der Waals surface area contributed by atoms with Crippen molar-refractivity contribution < 1.29 is 9.13 Å². The maximum atomic E-state index is 15.0. The van der Waals surface area contributed by atoms with E-state index >= 15 is 4.39 Å². The van der Waals surface area contributed by atoms with Crippen molar-refractivity contribution in [3.8, 4) is 11.4 Å². The number of ether oxygens (including phenoxy) is 1. The van der Waals surface area contributed by atoms with Gasteiger partial charge in [0.25, 0.3) is 0 Å². The quantitative estimate of drug-likeness (QED) is 0.314. The normalized spacial score (nSPS) is 17.5. The van der Waals surface area contributed by atoms with Gasteiger partial charge >= 0.3 is 0 Å². The van der Waals surface area contributed by atoms with E-state index in [0.29, 0.717) is 21.6 Å². The fraction of sp³-hybridized carbons (Fsp3) is 0.185. The molecule has 0 spiro atoms. The number of pyridine rings is 1. The largest absolute Gasteiger partial charge is 0.495 e. The highest BCUT2D eigenvalue weighted by molar-refractivity contribution is 7.80. The van der Waals surface area contributed by atoms with E-state index in [-0.39, 0.29) is 17.9 Å². The summed E-state index contributed by atoms with van der Waals surface area (Å²) in [5.41, 5.74) is 5.03. The number of anilines is 1. The van der Waals surface area contributed by atoms with Crippen molar-refractivity contribution in [2.75, 3.05) is 12.0 Å². The fourth-order valence-electron chi connectivity index (χ4n) is 4.87. The highest BCUT2D eigenvalue weighted by Gasteiger charge is 2.43. The maximum Gasteiger partial charge on any atom is 0.174 e. The van der Waals surface area contributed by atoms with Gasteiger partial charge in [-0.2, -0.15) is 0 Å². The number of nitrogens with zero attached hydrogens (tertiary/aromatic N) is 3. The number of thiocarbonyl (C=S) groups is 1. The predicted molar refractivity (Wildman–Crippen MR) is 141 cm³/mol. The molecule has 0 amide bonds. The third-order valence-corrected chi connectivity index (χ3v) is 6.93. The topological polar surface area (TPSA) is 42.3 Å². The SMILES string of the molecule is COc1ccc(Cl)cc1-n1c(C)cc([C@@H]2[C@@H](c3ccccn3)NC(=S)N2c2ccccc2F)c1C. The molecule has 4 aromatic rings. The summed E-state index contributed by atoms with van der Waals surface area (Å²) >= 11 is 12.1. The van der Waals surface area contributed by atoms with Crippen molar-refractivity contribution >= 4 is 34.6 Å². The van der Waals surface area contributed by atoms with E-state index in [9.17, 15) is 0 Å². The molecule has 2 atom stereocenters. The van der Waals surface area contributed by atoms with Crippen LogP contribution in [0.1, 0.15) is 34.7 Å². The number of aryl methyl sites for hydroxylation is 1. The average molecular weight is 507 g/mol. The van der Waals surface area contributed by atoms with E-state index < -0.39 is 0 Å². The first-order valence-corrected chi connectivity index (χ1v) is 12.0. The Morgan fingerprint density at radius 2 is 1.80 bits per heavy atom. The smallest absolute Gasteiger partial charge is 0.174 e. The van der Waals surface area contributed by atoms with Crippen molar-refractivity contribution in [1.29, 1.82) is 0 Å². The van der Waals surface area contributed by atoms with Crippen LogP contribution >= 0.6 is 23.8 Å². The zero-order valence-corrected chi connectivity index (χ0v) is 21.1. The lowest BCUT2D eigenvalue weighted by Crippen LogP contribution is -2.30. The number of hydrogen-bond acceptors (Lipinski definition) is 3. The molecule has 0 bridgehead atoms.